The summed E-state index contributed by atoms with van der Waals surface area (Å²) < 4.78 is 2.70. The summed E-state index contributed by atoms with van der Waals surface area (Å²) >= 11 is 3.51. The molecule has 26 heavy (non-hydrogen) atoms. The highest BCUT2D eigenvalue weighted by Gasteiger charge is 2.10. The zero-order valence-corrected chi connectivity index (χ0v) is 16.5. The van der Waals surface area contributed by atoms with E-state index in [2.05, 4.69) is 45.5 Å². The molecule has 3 aromatic rings. The highest BCUT2D eigenvalue weighted by molar-refractivity contribution is 9.10. The van der Waals surface area contributed by atoms with Crippen molar-refractivity contribution in [2.24, 2.45) is 7.05 Å². The number of anilines is 2. The van der Waals surface area contributed by atoms with E-state index in [1.54, 1.807) is 10.9 Å². The molecular weight excluding hydrogens is 392 g/mol. The highest BCUT2D eigenvalue weighted by atomic mass is 79.9. The fourth-order valence-electron chi connectivity index (χ4n) is 2.72. The molecule has 0 aliphatic rings. The minimum absolute atomic E-state index is 0.275. The minimum Gasteiger partial charge on any atom is -0.308 e. The number of benzene rings is 2. The maximum Gasteiger partial charge on any atom is 0.323 e. The molecule has 0 atom stereocenters. The Balaban J connectivity index is 1.71. The lowest BCUT2D eigenvalue weighted by Crippen LogP contribution is -2.19. The predicted molar refractivity (Wildman–Crippen MR) is 110 cm³/mol. The molecule has 1 heterocycles. The number of halogens is 1. The summed E-state index contributed by atoms with van der Waals surface area (Å²) in [6.45, 7) is 4.28. The van der Waals surface area contributed by atoms with Gasteiger partial charge in [0.05, 0.1) is 16.4 Å². The number of urea groups is 1. The summed E-state index contributed by atoms with van der Waals surface area (Å²) in [5.41, 5.74) is 4.64. The van der Waals surface area contributed by atoms with Gasteiger partial charge in [0.1, 0.15) is 0 Å². The molecule has 0 spiro atoms. The lowest BCUT2D eigenvalue weighted by Gasteiger charge is -2.11. The Morgan fingerprint density at radius 3 is 2.38 bits per heavy atom. The van der Waals surface area contributed by atoms with Crippen molar-refractivity contribution in [2.75, 3.05) is 10.6 Å². The molecule has 1 aromatic heterocycles. The number of hydrogen-bond donors (Lipinski definition) is 2. The molecule has 2 N–H and O–H groups in total. The maximum atomic E-state index is 12.3. The summed E-state index contributed by atoms with van der Waals surface area (Å²) in [4.78, 5) is 12.3. The number of carbonyl (C=O) groups excluding carboxylic acids is 1. The molecule has 0 aliphatic carbocycles. The van der Waals surface area contributed by atoms with Gasteiger partial charge in [-0.05, 0) is 51.7 Å². The Kier molecular flexibility index (Phi) is 5.42. The van der Waals surface area contributed by atoms with Crippen LogP contribution in [-0.2, 0) is 7.05 Å². The first-order valence-electron chi connectivity index (χ1n) is 8.40. The molecule has 0 fully saturated rings. The molecular formula is C20H21BrN4O. The van der Waals surface area contributed by atoms with Crippen molar-refractivity contribution in [3.05, 3.63) is 64.8 Å². The van der Waals surface area contributed by atoms with Gasteiger partial charge in [0, 0.05) is 24.0 Å². The van der Waals surface area contributed by atoms with Gasteiger partial charge in [0.2, 0.25) is 0 Å². The van der Waals surface area contributed by atoms with Crippen molar-refractivity contribution >= 4 is 33.3 Å². The fourth-order valence-corrected chi connectivity index (χ4v) is 3.30. The van der Waals surface area contributed by atoms with Gasteiger partial charge in [0.15, 0.2) is 0 Å². The number of nitrogens with one attached hydrogen (secondary N) is 2. The van der Waals surface area contributed by atoms with E-state index in [-0.39, 0.29) is 6.03 Å². The molecule has 2 amide bonds. The van der Waals surface area contributed by atoms with Crippen LogP contribution in [0.5, 0.6) is 0 Å². The van der Waals surface area contributed by atoms with Crippen LogP contribution in [0.3, 0.4) is 0 Å². The summed E-state index contributed by atoms with van der Waals surface area (Å²) in [5.74, 6) is 0.465. The van der Waals surface area contributed by atoms with Gasteiger partial charge in [0.25, 0.3) is 0 Å². The van der Waals surface area contributed by atoms with Crippen molar-refractivity contribution in [1.82, 2.24) is 9.78 Å². The van der Waals surface area contributed by atoms with E-state index in [1.807, 2.05) is 55.6 Å². The third kappa shape index (κ3) is 4.14. The fraction of sp³-hybridized carbons (Fsp3) is 0.200. The minimum atomic E-state index is -0.275. The molecule has 0 saturated heterocycles. The predicted octanol–water partition coefficient (Wildman–Crippen LogP) is 5.62. The van der Waals surface area contributed by atoms with E-state index in [1.165, 1.54) is 5.56 Å². The van der Waals surface area contributed by atoms with Crippen LogP contribution in [0.2, 0.25) is 0 Å². The third-order valence-electron chi connectivity index (χ3n) is 4.12. The van der Waals surface area contributed by atoms with Crippen LogP contribution in [0.15, 0.2) is 59.2 Å². The molecule has 0 radical (unpaired) electrons. The van der Waals surface area contributed by atoms with Crippen molar-refractivity contribution in [3.8, 4) is 11.3 Å². The van der Waals surface area contributed by atoms with Crippen LogP contribution in [0.25, 0.3) is 11.3 Å². The lowest BCUT2D eigenvalue weighted by atomic mass is 10.0. The van der Waals surface area contributed by atoms with Crippen LogP contribution in [-0.4, -0.2) is 15.8 Å². The van der Waals surface area contributed by atoms with Gasteiger partial charge in [-0.1, -0.05) is 38.1 Å². The molecule has 0 aliphatic heterocycles. The van der Waals surface area contributed by atoms with E-state index in [0.717, 1.165) is 21.4 Å². The number of aromatic nitrogens is 2. The first kappa shape index (κ1) is 18.2. The molecule has 0 bridgehead atoms. The summed E-state index contributed by atoms with van der Waals surface area (Å²) in [6.07, 6.45) is 1.75. The number of carbonyl (C=O) groups is 1. The van der Waals surface area contributed by atoms with Gasteiger partial charge in [-0.15, -0.1) is 0 Å². The standard InChI is InChI=1S/C20H21BrN4O/c1-13(2)14-7-9-16(10-8-14)23-20(26)24-17-6-4-5-15(11-17)19-18(21)12-22-25(19)3/h4-13H,1-3H3,(H2,23,24,26). The quantitative estimate of drug-likeness (QED) is 0.584. The normalized spacial score (nSPS) is 10.8. The first-order chi connectivity index (χ1) is 12.4. The number of aryl methyl sites for hydroxylation is 1. The van der Waals surface area contributed by atoms with E-state index in [4.69, 9.17) is 0 Å². The van der Waals surface area contributed by atoms with Crippen molar-refractivity contribution in [2.45, 2.75) is 19.8 Å². The Morgan fingerprint density at radius 2 is 1.77 bits per heavy atom. The van der Waals surface area contributed by atoms with Gasteiger partial charge in [-0.2, -0.15) is 5.10 Å². The smallest absolute Gasteiger partial charge is 0.308 e. The molecule has 134 valence electrons. The topological polar surface area (TPSA) is 59.0 Å². The number of hydrogen-bond acceptors (Lipinski definition) is 2. The van der Waals surface area contributed by atoms with Crippen molar-refractivity contribution < 1.29 is 4.79 Å². The first-order valence-corrected chi connectivity index (χ1v) is 9.19. The number of amides is 2. The Bertz CT molecular complexity index is 896. The monoisotopic (exact) mass is 412 g/mol. The van der Waals surface area contributed by atoms with Crippen LogP contribution >= 0.6 is 15.9 Å². The Morgan fingerprint density at radius 1 is 1.08 bits per heavy atom. The van der Waals surface area contributed by atoms with Crippen molar-refractivity contribution in [1.29, 1.82) is 0 Å². The van der Waals surface area contributed by atoms with E-state index >= 15 is 0 Å². The third-order valence-corrected chi connectivity index (χ3v) is 4.70. The van der Waals surface area contributed by atoms with Crippen molar-refractivity contribution in [3.63, 3.8) is 0 Å². The maximum absolute atomic E-state index is 12.3. The molecule has 5 nitrogen and oxygen atoms in total. The average Bonchev–Trinajstić information content (AvgIpc) is 2.94. The van der Waals surface area contributed by atoms with Crippen LogP contribution in [0.4, 0.5) is 16.2 Å². The van der Waals surface area contributed by atoms with E-state index < -0.39 is 0 Å². The van der Waals surface area contributed by atoms with Crippen LogP contribution < -0.4 is 10.6 Å². The van der Waals surface area contributed by atoms with E-state index in [9.17, 15) is 4.79 Å². The Labute approximate surface area is 161 Å². The summed E-state index contributed by atoms with van der Waals surface area (Å²) in [7, 11) is 1.88. The second kappa shape index (κ2) is 7.74. The average molecular weight is 413 g/mol. The van der Waals surface area contributed by atoms with Gasteiger partial charge >= 0.3 is 6.03 Å². The van der Waals surface area contributed by atoms with E-state index in [0.29, 0.717) is 11.6 Å². The molecule has 0 unspecified atom stereocenters. The number of rotatable bonds is 4. The molecule has 3 rings (SSSR count). The molecule has 0 saturated carbocycles. The van der Waals surface area contributed by atoms with Gasteiger partial charge < -0.3 is 10.6 Å². The number of nitrogens with zero attached hydrogens (tertiary/aromatic N) is 2. The lowest BCUT2D eigenvalue weighted by molar-refractivity contribution is 0.262. The Hall–Kier alpha value is -2.60. The van der Waals surface area contributed by atoms with Crippen LogP contribution in [0.1, 0.15) is 25.3 Å². The van der Waals surface area contributed by atoms with Gasteiger partial charge in [-0.25, -0.2) is 4.79 Å². The molecule has 6 heteroatoms. The molecule has 2 aromatic carbocycles. The van der Waals surface area contributed by atoms with Gasteiger partial charge in [-0.3, -0.25) is 4.68 Å². The summed E-state index contributed by atoms with van der Waals surface area (Å²) in [5, 5.41) is 9.96. The second-order valence-electron chi connectivity index (χ2n) is 6.40. The second-order valence-corrected chi connectivity index (χ2v) is 7.26. The highest BCUT2D eigenvalue weighted by Crippen LogP contribution is 2.29. The zero-order chi connectivity index (χ0) is 18.7. The zero-order valence-electron chi connectivity index (χ0n) is 15.0. The SMILES string of the molecule is CC(C)c1ccc(NC(=O)Nc2cccc(-c3c(Br)cnn3C)c2)cc1. The largest absolute Gasteiger partial charge is 0.323 e. The van der Waals surface area contributed by atoms with Crippen LogP contribution in [0, 0.1) is 0 Å². The summed E-state index contributed by atoms with van der Waals surface area (Å²) in [6, 6.07) is 15.3.